The first-order chi connectivity index (χ1) is 10.2. The van der Waals surface area contributed by atoms with Gasteiger partial charge in [0.1, 0.15) is 0 Å². The van der Waals surface area contributed by atoms with E-state index in [2.05, 4.69) is 10.1 Å². The lowest BCUT2D eigenvalue weighted by molar-refractivity contribution is 0.0908. The second-order valence-corrected chi connectivity index (χ2v) is 6.73. The summed E-state index contributed by atoms with van der Waals surface area (Å²) in [6.07, 6.45) is 3.58. The summed E-state index contributed by atoms with van der Waals surface area (Å²) in [4.78, 5) is 5.55. The van der Waals surface area contributed by atoms with Gasteiger partial charge < -0.3 is 9.63 Å². The smallest absolute Gasteiger partial charge is 0.232 e. The van der Waals surface area contributed by atoms with Crippen LogP contribution in [0.3, 0.4) is 0 Å². The van der Waals surface area contributed by atoms with Gasteiger partial charge in [-0.1, -0.05) is 29.6 Å². The van der Waals surface area contributed by atoms with Crippen molar-refractivity contribution in [2.45, 2.75) is 48.4 Å². The van der Waals surface area contributed by atoms with Crippen LogP contribution in [0.15, 0.2) is 33.7 Å². The number of nitrogens with zero attached hydrogens (tertiary/aromatic N) is 2. The van der Waals surface area contributed by atoms with Gasteiger partial charge in [-0.3, -0.25) is 0 Å². The van der Waals surface area contributed by atoms with Gasteiger partial charge in [-0.05, 0) is 37.1 Å². The Bertz CT molecular complexity index is 588. The summed E-state index contributed by atoms with van der Waals surface area (Å²) in [7, 11) is 0. The van der Waals surface area contributed by atoms with Crippen molar-refractivity contribution < 1.29 is 9.63 Å². The first-order valence-corrected chi connectivity index (χ1v) is 8.47. The fourth-order valence-electron chi connectivity index (χ4n) is 2.55. The maximum Gasteiger partial charge on any atom is 0.232 e. The number of benzene rings is 1. The number of thioether (sulfide) groups is 1. The molecule has 1 aliphatic carbocycles. The maximum atomic E-state index is 10.0. The molecule has 2 aromatic rings. The minimum absolute atomic E-state index is 0.000492. The van der Waals surface area contributed by atoms with Gasteiger partial charge in [0.05, 0.1) is 17.8 Å². The molecule has 1 fully saturated rings. The third-order valence-electron chi connectivity index (χ3n) is 3.71. The summed E-state index contributed by atoms with van der Waals surface area (Å²) >= 11 is 7.50. The summed E-state index contributed by atoms with van der Waals surface area (Å²) in [5.74, 6) is 1.89. The number of halogens is 1. The van der Waals surface area contributed by atoms with E-state index in [1.807, 2.05) is 24.3 Å². The van der Waals surface area contributed by atoms with Crippen LogP contribution < -0.4 is 0 Å². The van der Waals surface area contributed by atoms with Gasteiger partial charge in [-0.2, -0.15) is 4.98 Å². The van der Waals surface area contributed by atoms with Gasteiger partial charge >= 0.3 is 0 Å². The van der Waals surface area contributed by atoms with Gasteiger partial charge in [-0.15, -0.1) is 11.8 Å². The van der Waals surface area contributed by atoms with Gasteiger partial charge in [-0.25, -0.2) is 0 Å². The Labute approximate surface area is 132 Å². The molecular weight excluding hydrogens is 308 g/mol. The number of aliphatic hydroxyl groups excluding tert-OH is 1. The predicted molar refractivity (Wildman–Crippen MR) is 82.5 cm³/mol. The highest BCUT2D eigenvalue weighted by atomic mass is 35.5. The highest BCUT2D eigenvalue weighted by molar-refractivity contribution is 7.98. The Morgan fingerprint density at radius 3 is 2.76 bits per heavy atom. The molecule has 1 aromatic carbocycles. The Morgan fingerprint density at radius 1 is 1.24 bits per heavy atom. The van der Waals surface area contributed by atoms with E-state index < -0.39 is 0 Å². The summed E-state index contributed by atoms with van der Waals surface area (Å²) in [6, 6.07) is 7.67. The molecule has 21 heavy (non-hydrogen) atoms. The van der Waals surface area contributed by atoms with Crippen molar-refractivity contribution in [3.63, 3.8) is 0 Å². The van der Waals surface area contributed by atoms with E-state index in [-0.39, 0.29) is 12.0 Å². The normalized spacial score (nSPS) is 22.4. The van der Waals surface area contributed by atoms with Crippen LogP contribution in [-0.2, 0) is 5.75 Å². The van der Waals surface area contributed by atoms with Crippen LogP contribution in [0.4, 0.5) is 0 Å². The molecule has 1 aliphatic rings. The highest BCUT2D eigenvalue weighted by Gasteiger charge is 2.29. The first-order valence-electron chi connectivity index (χ1n) is 7.11. The topological polar surface area (TPSA) is 59.2 Å². The molecule has 1 N–H and O–H groups in total. The summed E-state index contributed by atoms with van der Waals surface area (Å²) in [5.41, 5.74) is 0. The predicted octanol–water partition coefficient (Wildman–Crippen LogP) is 4.03. The van der Waals surface area contributed by atoms with Crippen molar-refractivity contribution in [1.29, 1.82) is 0 Å². The van der Waals surface area contributed by atoms with Crippen molar-refractivity contribution >= 4 is 23.4 Å². The highest BCUT2D eigenvalue weighted by Crippen LogP contribution is 2.32. The van der Waals surface area contributed by atoms with E-state index in [0.29, 0.717) is 17.5 Å². The zero-order valence-corrected chi connectivity index (χ0v) is 13.1. The Hall–Kier alpha value is -1.04. The van der Waals surface area contributed by atoms with Gasteiger partial charge in [0.2, 0.25) is 5.89 Å². The van der Waals surface area contributed by atoms with Crippen LogP contribution in [0, 0.1) is 0 Å². The van der Waals surface area contributed by atoms with E-state index in [1.54, 1.807) is 11.8 Å². The lowest BCUT2D eigenvalue weighted by Crippen LogP contribution is -2.22. The third-order valence-corrected chi connectivity index (χ3v) is 4.97. The molecular formula is C15H17ClN2O2S. The van der Waals surface area contributed by atoms with Gasteiger partial charge in [0.25, 0.3) is 0 Å². The van der Waals surface area contributed by atoms with E-state index >= 15 is 0 Å². The van der Waals surface area contributed by atoms with Crippen LogP contribution in [0.25, 0.3) is 0 Å². The number of aromatic nitrogens is 2. The molecule has 1 heterocycles. The molecule has 0 spiro atoms. The number of hydrogen-bond acceptors (Lipinski definition) is 5. The summed E-state index contributed by atoms with van der Waals surface area (Å²) < 4.78 is 5.33. The Kier molecular flexibility index (Phi) is 4.83. The van der Waals surface area contributed by atoms with Gasteiger partial charge in [0.15, 0.2) is 5.82 Å². The lowest BCUT2D eigenvalue weighted by Gasteiger charge is -2.24. The molecule has 0 amide bonds. The molecule has 3 rings (SSSR count). The minimum atomic E-state index is -0.351. The van der Waals surface area contributed by atoms with E-state index in [4.69, 9.17) is 16.1 Å². The van der Waals surface area contributed by atoms with Crippen LogP contribution in [0.2, 0.25) is 5.02 Å². The SMILES string of the molecule is OC1CCCCC1c1nc(CSc2ccc(Cl)cc2)no1. The molecule has 0 aliphatic heterocycles. The summed E-state index contributed by atoms with van der Waals surface area (Å²) in [5, 5.41) is 14.8. The van der Waals surface area contributed by atoms with Crippen LogP contribution in [-0.4, -0.2) is 21.4 Å². The minimum Gasteiger partial charge on any atom is -0.392 e. The monoisotopic (exact) mass is 324 g/mol. The van der Waals surface area contributed by atoms with Crippen molar-refractivity contribution in [3.05, 3.63) is 41.0 Å². The quantitative estimate of drug-likeness (QED) is 0.860. The molecule has 0 saturated heterocycles. The van der Waals surface area contributed by atoms with E-state index in [9.17, 15) is 5.11 Å². The molecule has 0 bridgehead atoms. The van der Waals surface area contributed by atoms with Crippen molar-refractivity contribution in [2.24, 2.45) is 0 Å². The Morgan fingerprint density at radius 2 is 2.00 bits per heavy atom. The zero-order chi connectivity index (χ0) is 14.7. The van der Waals surface area contributed by atoms with Crippen molar-refractivity contribution in [1.82, 2.24) is 10.1 Å². The average Bonchev–Trinajstić information content (AvgIpc) is 2.96. The number of hydrogen-bond donors (Lipinski definition) is 1. The van der Waals surface area contributed by atoms with Crippen LogP contribution >= 0.6 is 23.4 Å². The molecule has 112 valence electrons. The molecule has 1 saturated carbocycles. The lowest BCUT2D eigenvalue weighted by atomic mass is 9.86. The zero-order valence-electron chi connectivity index (χ0n) is 11.5. The Balaban J connectivity index is 1.61. The molecule has 2 atom stereocenters. The first kappa shape index (κ1) is 14.9. The van der Waals surface area contributed by atoms with E-state index in [1.165, 1.54) is 0 Å². The molecule has 4 nitrogen and oxygen atoms in total. The third kappa shape index (κ3) is 3.78. The molecule has 2 unspecified atom stereocenters. The maximum absolute atomic E-state index is 10.0. The standard InChI is InChI=1S/C15H17ClN2O2S/c16-10-5-7-11(8-6-10)21-9-14-17-15(20-18-14)12-3-1-2-4-13(12)19/h5-8,12-13,19H,1-4,9H2. The summed E-state index contributed by atoms with van der Waals surface area (Å²) in [6.45, 7) is 0. The average molecular weight is 325 g/mol. The largest absolute Gasteiger partial charge is 0.392 e. The fourth-order valence-corrected chi connectivity index (χ4v) is 3.42. The molecule has 0 radical (unpaired) electrons. The molecule has 6 heteroatoms. The van der Waals surface area contributed by atoms with Gasteiger partial charge in [0, 0.05) is 9.92 Å². The van der Waals surface area contributed by atoms with Crippen molar-refractivity contribution in [2.75, 3.05) is 0 Å². The van der Waals surface area contributed by atoms with E-state index in [0.717, 1.165) is 35.6 Å². The second kappa shape index (κ2) is 6.81. The number of rotatable bonds is 4. The van der Waals surface area contributed by atoms with Crippen LogP contribution in [0.5, 0.6) is 0 Å². The van der Waals surface area contributed by atoms with Crippen LogP contribution in [0.1, 0.15) is 43.3 Å². The van der Waals surface area contributed by atoms with Crippen molar-refractivity contribution in [3.8, 4) is 0 Å². The molecule has 1 aromatic heterocycles. The second-order valence-electron chi connectivity index (χ2n) is 5.25. The number of aliphatic hydroxyl groups is 1. The fraction of sp³-hybridized carbons (Fsp3) is 0.467.